The third-order valence-corrected chi connectivity index (χ3v) is 4.21. The van der Waals surface area contributed by atoms with E-state index in [0.29, 0.717) is 6.42 Å². The summed E-state index contributed by atoms with van der Waals surface area (Å²) in [5.74, 6) is -3.58. The smallest absolute Gasteiger partial charge is 0.322 e. The van der Waals surface area contributed by atoms with Crippen molar-refractivity contribution in [2.45, 2.75) is 51.4 Å². The number of carbonyl (C=O) groups is 4. The van der Waals surface area contributed by atoms with Crippen LogP contribution >= 0.6 is 12.6 Å². The van der Waals surface area contributed by atoms with Crippen LogP contribution in [0.5, 0.6) is 0 Å². The van der Waals surface area contributed by atoms with Gasteiger partial charge in [0.15, 0.2) is 0 Å². The van der Waals surface area contributed by atoms with Gasteiger partial charge in [0.1, 0.15) is 24.7 Å². The maximum atomic E-state index is 12.4. The Kier molecular flexibility index (Phi) is 10.9. The molecule has 0 rings (SSSR count). The molecule has 10 nitrogen and oxygen atoms in total. The first kappa shape index (κ1) is 24.1. The van der Waals surface area contributed by atoms with Crippen LogP contribution in [0.3, 0.4) is 0 Å². The van der Waals surface area contributed by atoms with Crippen LogP contribution in [0, 0.1) is 5.92 Å². The van der Waals surface area contributed by atoms with Crippen LogP contribution in [0.4, 0.5) is 0 Å². The number of aliphatic carboxylic acids is 1. The number of carboxylic acids is 1. The zero-order valence-electron chi connectivity index (χ0n) is 15.1. The molecular formula is C15H28N4O6S. The Morgan fingerprint density at radius 1 is 1.08 bits per heavy atom. The minimum atomic E-state index is -1.21. The maximum absolute atomic E-state index is 12.4. The van der Waals surface area contributed by atoms with Gasteiger partial charge >= 0.3 is 5.97 Å². The molecule has 150 valence electrons. The number of carboxylic acid groups (broad SMARTS) is 1. The van der Waals surface area contributed by atoms with Crippen LogP contribution in [-0.4, -0.2) is 70.4 Å². The molecule has 0 aromatic heterocycles. The largest absolute Gasteiger partial charge is 0.480 e. The molecule has 5 unspecified atom stereocenters. The number of nitrogens with one attached hydrogen (secondary N) is 3. The van der Waals surface area contributed by atoms with Gasteiger partial charge in [-0.1, -0.05) is 20.3 Å². The number of amides is 3. The van der Waals surface area contributed by atoms with Gasteiger partial charge in [-0.2, -0.15) is 12.6 Å². The van der Waals surface area contributed by atoms with Crippen molar-refractivity contribution in [3.63, 3.8) is 0 Å². The molecule has 0 aromatic carbocycles. The number of carbonyl (C=O) groups excluding carboxylic acids is 3. The van der Waals surface area contributed by atoms with Crippen molar-refractivity contribution in [3.05, 3.63) is 0 Å². The number of aliphatic hydroxyl groups excluding tert-OH is 1. The Morgan fingerprint density at radius 2 is 1.65 bits per heavy atom. The SMILES string of the molecule is CCC(C)C(NC(=O)C(CS)NC(=O)C(N)C(C)O)C(=O)NCC(=O)O. The van der Waals surface area contributed by atoms with Crippen molar-refractivity contribution in [1.82, 2.24) is 16.0 Å². The zero-order valence-corrected chi connectivity index (χ0v) is 16.0. The fraction of sp³-hybridized carbons (Fsp3) is 0.733. The van der Waals surface area contributed by atoms with Crippen molar-refractivity contribution >= 4 is 36.3 Å². The van der Waals surface area contributed by atoms with Crippen molar-refractivity contribution < 1.29 is 29.4 Å². The van der Waals surface area contributed by atoms with Gasteiger partial charge < -0.3 is 31.9 Å². The summed E-state index contributed by atoms with van der Waals surface area (Å²) < 4.78 is 0. The van der Waals surface area contributed by atoms with E-state index in [0.717, 1.165) is 0 Å². The van der Waals surface area contributed by atoms with E-state index >= 15 is 0 Å². The molecule has 0 aliphatic rings. The Morgan fingerprint density at radius 3 is 2.08 bits per heavy atom. The number of aliphatic hydroxyl groups is 1. The van der Waals surface area contributed by atoms with E-state index in [4.69, 9.17) is 10.8 Å². The summed E-state index contributed by atoms with van der Waals surface area (Å²) in [6, 6.07) is -3.26. The van der Waals surface area contributed by atoms with E-state index < -0.39 is 54.5 Å². The number of hydrogen-bond donors (Lipinski definition) is 7. The topological polar surface area (TPSA) is 171 Å². The van der Waals surface area contributed by atoms with E-state index in [-0.39, 0.29) is 11.7 Å². The molecule has 0 aromatic rings. The number of thiol groups is 1. The van der Waals surface area contributed by atoms with E-state index in [1.807, 2.05) is 6.92 Å². The molecule has 3 amide bonds. The molecule has 0 radical (unpaired) electrons. The highest BCUT2D eigenvalue weighted by atomic mass is 32.1. The van der Waals surface area contributed by atoms with Crippen LogP contribution in [0.25, 0.3) is 0 Å². The quantitative estimate of drug-likeness (QED) is 0.196. The Labute approximate surface area is 157 Å². The Hall–Kier alpha value is -1.85. The standard InChI is InChI=1S/C15H28N4O6S/c1-4-7(2)12(15(25)17-5-10(21)22)19-13(23)9(6-26)18-14(24)11(16)8(3)20/h7-9,11-12,20,26H,4-6,16H2,1-3H3,(H,17,25)(H,18,24)(H,19,23)(H,21,22). The molecule has 11 heteroatoms. The fourth-order valence-electron chi connectivity index (χ4n) is 1.91. The molecule has 0 bridgehead atoms. The summed E-state index contributed by atoms with van der Waals surface area (Å²) in [5, 5.41) is 25.1. The van der Waals surface area contributed by atoms with Gasteiger partial charge in [-0.25, -0.2) is 0 Å². The lowest BCUT2D eigenvalue weighted by atomic mass is 9.98. The van der Waals surface area contributed by atoms with E-state index in [1.165, 1.54) is 6.92 Å². The normalized spacial score (nSPS) is 16.5. The summed E-state index contributed by atoms with van der Waals surface area (Å²) in [5.41, 5.74) is 5.51. The van der Waals surface area contributed by atoms with Crippen molar-refractivity contribution in [1.29, 1.82) is 0 Å². The molecular weight excluding hydrogens is 364 g/mol. The summed E-state index contributed by atoms with van der Waals surface area (Å²) in [7, 11) is 0. The van der Waals surface area contributed by atoms with Gasteiger partial charge in [0, 0.05) is 5.75 Å². The van der Waals surface area contributed by atoms with Crippen LogP contribution in [-0.2, 0) is 19.2 Å². The second kappa shape index (κ2) is 11.7. The highest BCUT2D eigenvalue weighted by Gasteiger charge is 2.30. The minimum Gasteiger partial charge on any atom is -0.480 e. The first-order valence-electron chi connectivity index (χ1n) is 8.19. The summed E-state index contributed by atoms with van der Waals surface area (Å²) in [4.78, 5) is 47.0. The average Bonchev–Trinajstić information content (AvgIpc) is 2.59. The zero-order chi connectivity index (χ0) is 20.4. The van der Waals surface area contributed by atoms with Gasteiger partial charge in [0.05, 0.1) is 6.10 Å². The monoisotopic (exact) mass is 392 g/mol. The van der Waals surface area contributed by atoms with E-state index in [1.54, 1.807) is 6.92 Å². The van der Waals surface area contributed by atoms with Crippen LogP contribution in [0.1, 0.15) is 27.2 Å². The van der Waals surface area contributed by atoms with Gasteiger partial charge in [-0.05, 0) is 12.8 Å². The highest BCUT2D eigenvalue weighted by Crippen LogP contribution is 2.08. The van der Waals surface area contributed by atoms with Crippen molar-refractivity contribution in [2.24, 2.45) is 11.7 Å². The summed E-state index contributed by atoms with van der Waals surface area (Å²) in [6.07, 6.45) is -0.552. The molecule has 0 saturated heterocycles. The number of rotatable bonds is 11. The lowest BCUT2D eigenvalue weighted by Gasteiger charge is -2.26. The molecule has 0 aliphatic carbocycles. The Balaban J connectivity index is 5.05. The van der Waals surface area contributed by atoms with Gasteiger partial charge in [0.25, 0.3) is 0 Å². The number of hydrogen-bond acceptors (Lipinski definition) is 7. The lowest BCUT2D eigenvalue weighted by Crippen LogP contribution is -2.59. The molecule has 0 aliphatic heterocycles. The number of nitrogens with two attached hydrogens (primary N) is 1. The molecule has 7 N–H and O–H groups in total. The minimum absolute atomic E-state index is 0.0614. The lowest BCUT2D eigenvalue weighted by molar-refractivity contribution is -0.139. The molecule has 0 heterocycles. The van der Waals surface area contributed by atoms with E-state index in [2.05, 4.69) is 28.6 Å². The van der Waals surface area contributed by atoms with E-state index in [9.17, 15) is 24.3 Å². The second-order valence-electron chi connectivity index (χ2n) is 5.99. The van der Waals surface area contributed by atoms with Gasteiger partial charge in [-0.15, -0.1) is 0 Å². The summed E-state index contributed by atoms with van der Waals surface area (Å²) >= 11 is 4.01. The predicted octanol–water partition coefficient (Wildman–Crippen LogP) is -2.16. The summed E-state index contributed by atoms with van der Waals surface area (Å²) in [6.45, 7) is 4.31. The fourth-order valence-corrected chi connectivity index (χ4v) is 2.17. The van der Waals surface area contributed by atoms with Gasteiger partial charge in [0.2, 0.25) is 17.7 Å². The maximum Gasteiger partial charge on any atom is 0.322 e. The van der Waals surface area contributed by atoms with Crippen LogP contribution in [0.15, 0.2) is 0 Å². The molecule has 0 saturated carbocycles. The highest BCUT2D eigenvalue weighted by molar-refractivity contribution is 7.80. The molecule has 5 atom stereocenters. The molecule has 26 heavy (non-hydrogen) atoms. The van der Waals surface area contributed by atoms with Crippen molar-refractivity contribution in [3.8, 4) is 0 Å². The van der Waals surface area contributed by atoms with Crippen LogP contribution < -0.4 is 21.7 Å². The predicted molar refractivity (Wildman–Crippen MR) is 97.5 cm³/mol. The second-order valence-corrected chi connectivity index (χ2v) is 6.36. The third kappa shape index (κ3) is 8.02. The first-order valence-corrected chi connectivity index (χ1v) is 8.83. The molecule has 0 fully saturated rings. The van der Waals surface area contributed by atoms with Crippen molar-refractivity contribution in [2.75, 3.05) is 12.3 Å². The van der Waals surface area contributed by atoms with Crippen LogP contribution in [0.2, 0.25) is 0 Å². The molecule has 0 spiro atoms. The first-order chi connectivity index (χ1) is 12.0. The third-order valence-electron chi connectivity index (χ3n) is 3.85. The average molecular weight is 392 g/mol. The van der Waals surface area contributed by atoms with Gasteiger partial charge in [-0.3, -0.25) is 19.2 Å². The Bertz CT molecular complexity index is 516.